The lowest BCUT2D eigenvalue weighted by Crippen LogP contribution is -2.34. The molecular weight excluding hydrogens is 377 g/mol. The van der Waals surface area contributed by atoms with Crippen LogP contribution in [0.25, 0.3) is 0 Å². The molecule has 1 heterocycles. The smallest absolute Gasteiger partial charge is 0.321 e. The van der Waals surface area contributed by atoms with E-state index < -0.39 is 5.82 Å². The van der Waals surface area contributed by atoms with Crippen LogP contribution in [0, 0.1) is 5.82 Å². The number of amides is 3. The molecular formula is C21H20FN3O4. The number of ether oxygens (including phenoxy) is 1. The average Bonchev–Trinajstić information content (AvgIpc) is 3.26. The minimum Gasteiger partial charge on any atom is -0.489 e. The summed E-state index contributed by atoms with van der Waals surface area (Å²) in [5.74, 6) is -0.449. The van der Waals surface area contributed by atoms with E-state index in [4.69, 9.17) is 9.15 Å². The molecule has 0 bridgehead atoms. The summed E-state index contributed by atoms with van der Waals surface area (Å²) in [7, 11) is 1.61. The lowest BCUT2D eigenvalue weighted by atomic mass is 10.2. The van der Waals surface area contributed by atoms with Crippen LogP contribution >= 0.6 is 0 Å². The summed E-state index contributed by atoms with van der Waals surface area (Å²) in [4.78, 5) is 25.6. The third kappa shape index (κ3) is 5.58. The second-order valence-electron chi connectivity index (χ2n) is 6.14. The third-order valence-corrected chi connectivity index (χ3v) is 4.01. The van der Waals surface area contributed by atoms with Crippen LogP contribution in [-0.2, 0) is 0 Å². The lowest BCUT2D eigenvalue weighted by molar-refractivity contribution is 0.0996. The predicted octanol–water partition coefficient (Wildman–Crippen LogP) is 4.21. The number of anilines is 2. The van der Waals surface area contributed by atoms with Crippen LogP contribution in [0.1, 0.15) is 10.6 Å². The Balaban J connectivity index is 1.45. The van der Waals surface area contributed by atoms with E-state index >= 15 is 0 Å². The number of hydrogen-bond donors (Lipinski definition) is 2. The number of nitrogens with one attached hydrogen (secondary N) is 2. The van der Waals surface area contributed by atoms with Crippen molar-refractivity contribution in [2.24, 2.45) is 0 Å². The Bertz CT molecular complexity index is 958. The van der Waals surface area contributed by atoms with Crippen LogP contribution < -0.4 is 15.4 Å². The van der Waals surface area contributed by atoms with Gasteiger partial charge in [0.2, 0.25) is 0 Å². The molecule has 8 heteroatoms. The maximum absolute atomic E-state index is 13.5. The maximum atomic E-state index is 13.5. The van der Waals surface area contributed by atoms with E-state index in [1.54, 1.807) is 55.6 Å². The van der Waals surface area contributed by atoms with Crippen LogP contribution in [0.3, 0.4) is 0 Å². The molecule has 2 N–H and O–H groups in total. The highest BCUT2D eigenvalue weighted by molar-refractivity contribution is 6.02. The van der Waals surface area contributed by atoms with Crippen molar-refractivity contribution in [2.75, 3.05) is 30.8 Å². The maximum Gasteiger partial charge on any atom is 0.321 e. The quantitative estimate of drug-likeness (QED) is 0.625. The standard InChI is InChI=1S/C21H20FN3O4/c1-25(12-14-29-18-6-3-2-5-17(18)22)21(27)24-16-10-8-15(9-11-16)23-20(26)19-7-4-13-28-19/h2-11,13H,12,14H2,1H3,(H,23,26)(H,24,27). The summed E-state index contributed by atoms with van der Waals surface area (Å²) < 4.78 is 23.9. The summed E-state index contributed by atoms with van der Waals surface area (Å²) in [6.45, 7) is 0.431. The zero-order chi connectivity index (χ0) is 20.6. The van der Waals surface area contributed by atoms with E-state index in [1.165, 1.54) is 23.3 Å². The van der Waals surface area contributed by atoms with Crippen LogP contribution in [0.4, 0.5) is 20.6 Å². The molecule has 0 spiro atoms. The number of para-hydroxylation sites is 1. The predicted molar refractivity (Wildman–Crippen MR) is 107 cm³/mol. The summed E-state index contributed by atoms with van der Waals surface area (Å²) in [6.07, 6.45) is 1.42. The summed E-state index contributed by atoms with van der Waals surface area (Å²) >= 11 is 0. The van der Waals surface area contributed by atoms with Gasteiger partial charge in [-0.05, 0) is 48.5 Å². The normalized spacial score (nSPS) is 10.3. The molecule has 29 heavy (non-hydrogen) atoms. The van der Waals surface area contributed by atoms with Crippen molar-refractivity contribution in [1.82, 2.24) is 4.90 Å². The first-order valence-electron chi connectivity index (χ1n) is 8.87. The van der Waals surface area contributed by atoms with E-state index in [2.05, 4.69) is 10.6 Å². The minimum absolute atomic E-state index is 0.147. The number of urea groups is 1. The number of nitrogens with zero attached hydrogens (tertiary/aromatic N) is 1. The van der Waals surface area contributed by atoms with E-state index in [1.807, 2.05) is 0 Å². The fourth-order valence-electron chi connectivity index (χ4n) is 2.41. The molecule has 0 unspecified atom stereocenters. The monoisotopic (exact) mass is 397 g/mol. The Hall–Kier alpha value is -3.81. The number of likely N-dealkylation sites (N-methyl/N-ethyl adjacent to an activating group) is 1. The molecule has 0 saturated carbocycles. The second-order valence-corrected chi connectivity index (χ2v) is 6.14. The number of hydrogen-bond acceptors (Lipinski definition) is 4. The Kier molecular flexibility index (Phi) is 6.47. The first-order valence-corrected chi connectivity index (χ1v) is 8.87. The summed E-state index contributed by atoms with van der Waals surface area (Å²) in [5, 5.41) is 5.43. The Morgan fingerprint density at radius 1 is 1.00 bits per heavy atom. The van der Waals surface area contributed by atoms with Crippen LogP contribution in [0.15, 0.2) is 71.3 Å². The van der Waals surface area contributed by atoms with E-state index in [0.29, 0.717) is 11.4 Å². The molecule has 3 rings (SSSR count). The van der Waals surface area contributed by atoms with Gasteiger partial charge in [0.1, 0.15) is 6.61 Å². The number of carbonyl (C=O) groups is 2. The van der Waals surface area contributed by atoms with Crippen molar-refractivity contribution in [3.63, 3.8) is 0 Å². The van der Waals surface area contributed by atoms with Crippen molar-refractivity contribution in [1.29, 1.82) is 0 Å². The molecule has 0 aliphatic rings. The van der Waals surface area contributed by atoms with Crippen LogP contribution in [0.2, 0.25) is 0 Å². The first kappa shape index (κ1) is 19.9. The molecule has 0 aliphatic heterocycles. The van der Waals surface area contributed by atoms with Gasteiger partial charge in [-0.2, -0.15) is 0 Å². The van der Waals surface area contributed by atoms with Crippen molar-refractivity contribution < 1.29 is 23.1 Å². The van der Waals surface area contributed by atoms with Crippen molar-refractivity contribution in [2.45, 2.75) is 0 Å². The van der Waals surface area contributed by atoms with E-state index in [0.717, 1.165) is 0 Å². The minimum atomic E-state index is -0.446. The highest BCUT2D eigenvalue weighted by atomic mass is 19.1. The fraction of sp³-hybridized carbons (Fsp3) is 0.143. The number of benzene rings is 2. The number of furan rings is 1. The molecule has 2 aromatic carbocycles. The topological polar surface area (TPSA) is 83.8 Å². The SMILES string of the molecule is CN(CCOc1ccccc1F)C(=O)Nc1ccc(NC(=O)c2ccco2)cc1. The average molecular weight is 397 g/mol. The lowest BCUT2D eigenvalue weighted by Gasteiger charge is -2.18. The van der Waals surface area contributed by atoms with Gasteiger partial charge >= 0.3 is 6.03 Å². The van der Waals surface area contributed by atoms with Crippen molar-refractivity contribution in [3.8, 4) is 5.75 Å². The highest BCUT2D eigenvalue weighted by Crippen LogP contribution is 2.16. The molecule has 3 aromatic rings. The fourth-order valence-corrected chi connectivity index (χ4v) is 2.41. The molecule has 0 radical (unpaired) electrons. The first-order chi connectivity index (χ1) is 14.0. The molecule has 150 valence electrons. The zero-order valence-corrected chi connectivity index (χ0v) is 15.7. The molecule has 0 fully saturated rings. The summed E-state index contributed by atoms with van der Waals surface area (Å²) in [6, 6.07) is 15.6. The van der Waals surface area contributed by atoms with Gasteiger partial charge < -0.3 is 24.7 Å². The van der Waals surface area contributed by atoms with Gasteiger partial charge in [0.05, 0.1) is 12.8 Å². The van der Waals surface area contributed by atoms with Gasteiger partial charge in [0.25, 0.3) is 5.91 Å². The molecule has 0 saturated heterocycles. The molecule has 0 aliphatic carbocycles. The number of halogens is 1. The van der Waals surface area contributed by atoms with E-state index in [-0.39, 0.29) is 36.6 Å². The Morgan fingerprint density at radius 3 is 2.34 bits per heavy atom. The summed E-state index contributed by atoms with van der Waals surface area (Å²) in [5.41, 5.74) is 1.13. The van der Waals surface area contributed by atoms with Gasteiger partial charge in [-0.25, -0.2) is 9.18 Å². The zero-order valence-electron chi connectivity index (χ0n) is 15.7. The van der Waals surface area contributed by atoms with Gasteiger partial charge in [-0.15, -0.1) is 0 Å². The van der Waals surface area contributed by atoms with E-state index in [9.17, 15) is 14.0 Å². The Morgan fingerprint density at radius 2 is 1.69 bits per heavy atom. The third-order valence-electron chi connectivity index (χ3n) is 4.01. The Labute approximate surface area is 167 Å². The van der Waals surface area contributed by atoms with Gasteiger partial charge in [0, 0.05) is 18.4 Å². The molecule has 0 atom stereocenters. The largest absolute Gasteiger partial charge is 0.489 e. The van der Waals surface area contributed by atoms with Crippen molar-refractivity contribution >= 4 is 23.3 Å². The van der Waals surface area contributed by atoms with Crippen LogP contribution in [0.5, 0.6) is 5.75 Å². The molecule has 1 aromatic heterocycles. The van der Waals surface area contributed by atoms with Gasteiger partial charge in [0.15, 0.2) is 17.3 Å². The van der Waals surface area contributed by atoms with Gasteiger partial charge in [-0.3, -0.25) is 4.79 Å². The van der Waals surface area contributed by atoms with Crippen molar-refractivity contribution in [3.05, 3.63) is 78.5 Å². The number of carbonyl (C=O) groups excluding carboxylic acids is 2. The molecule has 7 nitrogen and oxygen atoms in total. The van der Waals surface area contributed by atoms with Crippen LogP contribution in [-0.4, -0.2) is 37.0 Å². The highest BCUT2D eigenvalue weighted by Gasteiger charge is 2.11. The number of rotatable bonds is 7. The molecule has 3 amide bonds. The second kappa shape index (κ2) is 9.41. The van der Waals surface area contributed by atoms with Gasteiger partial charge in [-0.1, -0.05) is 12.1 Å².